The number of benzene rings is 1. The van der Waals surface area contributed by atoms with Crippen molar-refractivity contribution in [3.05, 3.63) is 58.5 Å². The Kier molecular flexibility index (Phi) is 3.65. The lowest BCUT2D eigenvalue weighted by Gasteiger charge is -2.11. The predicted octanol–water partition coefficient (Wildman–Crippen LogP) is 1.77. The largest absolute Gasteiger partial charge is 0.494 e. The van der Waals surface area contributed by atoms with E-state index in [4.69, 9.17) is 18.3 Å². The molecule has 126 valence electrons. The topological polar surface area (TPSA) is 117 Å². The molecule has 4 rings (SSSR count). The highest BCUT2D eigenvalue weighted by Crippen LogP contribution is 2.19. The molecule has 0 atom stereocenters. The standard InChI is InChI=1S/C16H11N3O6/c20-10-7-12(24-11-4-2-1-3-9(10)11)14(21)17-16-19-18-15(25-16)13-8-22-5-6-23-13/h1-4,7-8H,5-6H2,(H,17,19,21). The molecular formula is C16H11N3O6. The fourth-order valence-electron chi connectivity index (χ4n) is 2.23. The second-order valence-electron chi connectivity index (χ2n) is 5.04. The van der Waals surface area contributed by atoms with Gasteiger partial charge in [-0.25, -0.2) is 0 Å². The first-order valence-electron chi connectivity index (χ1n) is 7.33. The minimum absolute atomic E-state index is 0.0648. The molecule has 1 aliphatic heterocycles. The number of ether oxygens (including phenoxy) is 2. The highest BCUT2D eigenvalue weighted by atomic mass is 16.6. The maximum atomic E-state index is 12.3. The van der Waals surface area contributed by atoms with Crippen LogP contribution in [0.1, 0.15) is 16.4 Å². The van der Waals surface area contributed by atoms with Gasteiger partial charge in [0.25, 0.3) is 11.8 Å². The molecule has 0 unspecified atom stereocenters. The zero-order valence-corrected chi connectivity index (χ0v) is 12.7. The third-order valence-electron chi connectivity index (χ3n) is 3.36. The Bertz CT molecular complexity index is 1040. The molecule has 9 nitrogen and oxygen atoms in total. The van der Waals surface area contributed by atoms with Crippen LogP contribution in [0.2, 0.25) is 0 Å². The van der Waals surface area contributed by atoms with Crippen LogP contribution in [0.15, 0.2) is 50.2 Å². The van der Waals surface area contributed by atoms with Crippen LogP contribution in [0, 0.1) is 0 Å². The van der Waals surface area contributed by atoms with E-state index in [0.29, 0.717) is 24.2 Å². The number of rotatable bonds is 3. The van der Waals surface area contributed by atoms with Gasteiger partial charge in [-0.05, 0) is 12.1 Å². The smallest absolute Gasteiger partial charge is 0.323 e. The number of nitrogens with one attached hydrogen (secondary N) is 1. The number of para-hydroxylation sites is 1. The van der Waals surface area contributed by atoms with E-state index in [-0.39, 0.29) is 28.9 Å². The molecule has 1 N–H and O–H groups in total. The van der Waals surface area contributed by atoms with Crippen LogP contribution in [0.5, 0.6) is 0 Å². The van der Waals surface area contributed by atoms with Crippen LogP contribution in [0.3, 0.4) is 0 Å². The molecule has 1 aromatic carbocycles. The number of carbonyl (C=O) groups is 1. The molecule has 25 heavy (non-hydrogen) atoms. The first-order valence-corrected chi connectivity index (χ1v) is 7.33. The van der Waals surface area contributed by atoms with Gasteiger partial charge in [0.05, 0.1) is 5.39 Å². The quantitative estimate of drug-likeness (QED) is 0.766. The van der Waals surface area contributed by atoms with E-state index < -0.39 is 5.91 Å². The predicted molar refractivity (Wildman–Crippen MR) is 84.6 cm³/mol. The van der Waals surface area contributed by atoms with Gasteiger partial charge in [0.15, 0.2) is 11.2 Å². The van der Waals surface area contributed by atoms with E-state index >= 15 is 0 Å². The van der Waals surface area contributed by atoms with Crippen molar-refractivity contribution in [1.82, 2.24) is 10.2 Å². The molecule has 1 amide bonds. The molecule has 9 heteroatoms. The Morgan fingerprint density at radius 1 is 1.12 bits per heavy atom. The van der Waals surface area contributed by atoms with Crippen LogP contribution in [0.4, 0.5) is 6.01 Å². The monoisotopic (exact) mass is 341 g/mol. The summed E-state index contributed by atoms with van der Waals surface area (Å²) in [4.78, 5) is 24.3. The molecule has 0 saturated heterocycles. The normalized spacial score (nSPS) is 13.7. The SMILES string of the molecule is O=C(Nc1nnc(C2=COCCO2)o1)c1cc(=O)c2ccccc2o1. The zero-order chi connectivity index (χ0) is 17.2. The van der Waals surface area contributed by atoms with Crippen LogP contribution >= 0.6 is 0 Å². The Morgan fingerprint density at radius 3 is 2.84 bits per heavy atom. The van der Waals surface area contributed by atoms with Crippen molar-refractivity contribution in [2.45, 2.75) is 0 Å². The summed E-state index contributed by atoms with van der Waals surface area (Å²) in [7, 11) is 0. The van der Waals surface area contributed by atoms with E-state index in [2.05, 4.69) is 15.5 Å². The third-order valence-corrected chi connectivity index (χ3v) is 3.36. The molecule has 0 spiro atoms. The molecule has 0 radical (unpaired) electrons. The number of hydrogen-bond donors (Lipinski definition) is 1. The van der Waals surface area contributed by atoms with Crippen molar-refractivity contribution in [3.8, 4) is 0 Å². The van der Waals surface area contributed by atoms with Crippen LogP contribution in [0.25, 0.3) is 16.7 Å². The van der Waals surface area contributed by atoms with E-state index in [9.17, 15) is 9.59 Å². The Morgan fingerprint density at radius 2 is 2.00 bits per heavy atom. The van der Waals surface area contributed by atoms with Crippen molar-refractivity contribution in [1.29, 1.82) is 0 Å². The minimum Gasteiger partial charge on any atom is -0.494 e. The van der Waals surface area contributed by atoms with Gasteiger partial charge in [-0.3, -0.25) is 14.9 Å². The molecule has 0 bridgehead atoms. The first-order chi connectivity index (χ1) is 12.2. The van der Waals surface area contributed by atoms with Gasteiger partial charge in [0.1, 0.15) is 25.1 Å². The molecule has 0 saturated carbocycles. The van der Waals surface area contributed by atoms with Gasteiger partial charge in [-0.2, -0.15) is 0 Å². The lowest BCUT2D eigenvalue weighted by molar-refractivity contribution is 0.0994. The highest BCUT2D eigenvalue weighted by molar-refractivity contribution is 6.01. The maximum absolute atomic E-state index is 12.3. The van der Waals surface area contributed by atoms with Crippen molar-refractivity contribution in [2.75, 3.05) is 18.5 Å². The lowest BCUT2D eigenvalue weighted by atomic mass is 10.2. The Balaban J connectivity index is 1.57. The second kappa shape index (κ2) is 6.11. The molecule has 1 aliphatic rings. The molecule has 0 fully saturated rings. The Labute approximate surface area is 139 Å². The minimum atomic E-state index is -0.687. The van der Waals surface area contributed by atoms with Crippen LogP contribution in [-0.2, 0) is 9.47 Å². The number of nitrogens with zero attached hydrogens (tertiary/aromatic N) is 2. The summed E-state index contributed by atoms with van der Waals surface area (Å²) in [5.74, 6) is -0.515. The number of amides is 1. The van der Waals surface area contributed by atoms with Crippen LogP contribution < -0.4 is 10.7 Å². The second-order valence-corrected chi connectivity index (χ2v) is 5.04. The number of aromatic nitrogens is 2. The number of fused-ring (bicyclic) bond motifs is 1. The summed E-state index contributed by atoms with van der Waals surface area (Å²) >= 11 is 0. The molecule has 0 aliphatic carbocycles. The first kappa shape index (κ1) is 14.9. The van der Waals surface area contributed by atoms with Gasteiger partial charge in [0.2, 0.25) is 5.76 Å². The van der Waals surface area contributed by atoms with E-state index in [1.807, 2.05) is 0 Å². The summed E-state index contributed by atoms with van der Waals surface area (Å²) in [6.07, 6.45) is 1.35. The lowest BCUT2D eigenvalue weighted by Crippen LogP contribution is -2.15. The summed E-state index contributed by atoms with van der Waals surface area (Å²) < 4.78 is 21.1. The third kappa shape index (κ3) is 2.94. The highest BCUT2D eigenvalue weighted by Gasteiger charge is 2.19. The van der Waals surface area contributed by atoms with Crippen molar-refractivity contribution < 1.29 is 23.1 Å². The van der Waals surface area contributed by atoms with E-state index in [1.54, 1.807) is 24.3 Å². The van der Waals surface area contributed by atoms with Crippen molar-refractivity contribution >= 4 is 28.7 Å². The van der Waals surface area contributed by atoms with Crippen molar-refractivity contribution in [3.63, 3.8) is 0 Å². The van der Waals surface area contributed by atoms with Crippen LogP contribution in [-0.4, -0.2) is 29.3 Å². The van der Waals surface area contributed by atoms with Gasteiger partial charge < -0.3 is 18.3 Å². The van der Waals surface area contributed by atoms with Gasteiger partial charge in [-0.15, -0.1) is 5.10 Å². The molecule has 3 heterocycles. The fourth-order valence-corrected chi connectivity index (χ4v) is 2.23. The molecule has 2 aromatic heterocycles. The maximum Gasteiger partial charge on any atom is 0.323 e. The van der Waals surface area contributed by atoms with Gasteiger partial charge in [0, 0.05) is 6.07 Å². The number of hydrogen-bond acceptors (Lipinski definition) is 8. The zero-order valence-electron chi connectivity index (χ0n) is 12.7. The average molecular weight is 341 g/mol. The number of anilines is 1. The Hall–Kier alpha value is -3.62. The summed E-state index contributed by atoms with van der Waals surface area (Å²) in [5, 5.41) is 10.2. The summed E-state index contributed by atoms with van der Waals surface area (Å²) in [6, 6.07) is 7.58. The van der Waals surface area contributed by atoms with Crippen molar-refractivity contribution in [2.24, 2.45) is 0 Å². The van der Waals surface area contributed by atoms with E-state index in [0.717, 1.165) is 6.07 Å². The fraction of sp³-hybridized carbons (Fsp3) is 0.125. The molecular weight excluding hydrogens is 330 g/mol. The van der Waals surface area contributed by atoms with Gasteiger partial charge in [-0.1, -0.05) is 17.2 Å². The summed E-state index contributed by atoms with van der Waals surface area (Å²) in [5.41, 5.74) is -0.0135. The number of carbonyl (C=O) groups excluding carboxylic acids is 1. The summed E-state index contributed by atoms with van der Waals surface area (Å²) in [6.45, 7) is 0.792. The van der Waals surface area contributed by atoms with E-state index in [1.165, 1.54) is 6.26 Å². The average Bonchev–Trinajstić information content (AvgIpc) is 3.11. The van der Waals surface area contributed by atoms with Gasteiger partial charge >= 0.3 is 6.01 Å². The molecule has 3 aromatic rings.